The third-order valence-corrected chi connectivity index (χ3v) is 4.58. The van der Waals surface area contributed by atoms with Gasteiger partial charge < -0.3 is 4.74 Å². The molecule has 0 amide bonds. The molecule has 2 heterocycles. The third-order valence-electron chi connectivity index (χ3n) is 4.18. The lowest BCUT2D eigenvalue weighted by Crippen LogP contribution is -2.26. The first kappa shape index (κ1) is 12.6. The van der Waals surface area contributed by atoms with E-state index in [-0.39, 0.29) is 5.60 Å². The second-order valence-corrected chi connectivity index (χ2v) is 6.33. The first-order valence-electron chi connectivity index (χ1n) is 6.92. The Morgan fingerprint density at radius 1 is 1.39 bits per heavy atom. The van der Waals surface area contributed by atoms with Crippen molar-refractivity contribution in [2.45, 2.75) is 63.2 Å². The van der Waals surface area contributed by atoms with Gasteiger partial charge >= 0.3 is 0 Å². The molecule has 4 nitrogen and oxygen atoms in total. The number of aryl methyl sites for hydroxylation is 1. The summed E-state index contributed by atoms with van der Waals surface area (Å²) in [6.07, 6.45) is 10.9. The Balaban J connectivity index is 1.56. The summed E-state index contributed by atoms with van der Waals surface area (Å²) in [6, 6.07) is 0. The Morgan fingerprint density at radius 2 is 2.22 bits per heavy atom. The lowest BCUT2D eigenvalue weighted by molar-refractivity contribution is -0.0430. The van der Waals surface area contributed by atoms with Crippen molar-refractivity contribution < 1.29 is 4.74 Å². The molecule has 1 aromatic rings. The van der Waals surface area contributed by atoms with Crippen LogP contribution in [-0.4, -0.2) is 32.0 Å². The highest BCUT2D eigenvalue weighted by Gasteiger charge is 2.42. The van der Waals surface area contributed by atoms with Crippen molar-refractivity contribution in [1.82, 2.24) is 15.0 Å². The van der Waals surface area contributed by atoms with E-state index >= 15 is 0 Å². The largest absolute Gasteiger partial charge is 0.370 e. The van der Waals surface area contributed by atoms with Crippen LogP contribution in [0.5, 0.6) is 0 Å². The summed E-state index contributed by atoms with van der Waals surface area (Å²) in [5.41, 5.74) is 1.28. The molecule has 1 aliphatic carbocycles. The van der Waals surface area contributed by atoms with Gasteiger partial charge in [0.05, 0.1) is 23.9 Å². The highest BCUT2D eigenvalue weighted by atomic mass is 79.9. The zero-order chi connectivity index (χ0) is 12.4. The zero-order valence-corrected chi connectivity index (χ0v) is 12.2. The second kappa shape index (κ2) is 5.29. The average molecular weight is 314 g/mol. The molecule has 0 bridgehead atoms. The summed E-state index contributed by atoms with van der Waals surface area (Å²) >= 11 is 3.42. The maximum atomic E-state index is 6.29. The predicted molar refractivity (Wildman–Crippen MR) is 72.8 cm³/mol. The van der Waals surface area contributed by atoms with Crippen molar-refractivity contribution in [3.8, 4) is 0 Å². The monoisotopic (exact) mass is 313 g/mol. The van der Waals surface area contributed by atoms with E-state index in [4.69, 9.17) is 4.74 Å². The number of hydrogen-bond acceptors (Lipinski definition) is 3. The van der Waals surface area contributed by atoms with Crippen molar-refractivity contribution in [3.63, 3.8) is 0 Å². The Kier molecular flexibility index (Phi) is 3.71. The maximum Gasteiger partial charge on any atom is 0.0835 e. The van der Waals surface area contributed by atoms with Crippen LogP contribution in [0.25, 0.3) is 0 Å². The number of alkyl halides is 1. The normalized spacial score (nSPS) is 26.2. The van der Waals surface area contributed by atoms with Crippen molar-refractivity contribution in [2.75, 3.05) is 5.33 Å². The number of rotatable bonds is 4. The second-order valence-electron chi connectivity index (χ2n) is 5.54. The molecule has 18 heavy (non-hydrogen) atoms. The molecule has 1 aromatic heterocycles. The van der Waals surface area contributed by atoms with Crippen LogP contribution < -0.4 is 0 Å². The maximum absolute atomic E-state index is 6.29. The molecular weight excluding hydrogens is 294 g/mol. The summed E-state index contributed by atoms with van der Waals surface area (Å²) in [6.45, 7) is 0.858. The lowest BCUT2D eigenvalue weighted by Gasteiger charge is -2.23. The molecule has 3 rings (SSSR count). The molecule has 1 spiro atoms. The summed E-state index contributed by atoms with van der Waals surface area (Å²) in [4.78, 5) is 0. The molecule has 5 heteroatoms. The summed E-state index contributed by atoms with van der Waals surface area (Å²) in [5.74, 6) is 0. The van der Waals surface area contributed by atoms with E-state index in [2.05, 4.69) is 26.2 Å². The topological polar surface area (TPSA) is 39.9 Å². The van der Waals surface area contributed by atoms with Crippen LogP contribution in [0, 0.1) is 0 Å². The van der Waals surface area contributed by atoms with E-state index in [0.29, 0.717) is 6.10 Å². The number of hydrogen-bond donors (Lipinski definition) is 0. The van der Waals surface area contributed by atoms with E-state index in [1.165, 1.54) is 38.5 Å². The van der Waals surface area contributed by atoms with Gasteiger partial charge in [-0.2, -0.15) is 0 Å². The standard InChI is InChI=1S/C13H20BrN3O/c14-8-4-11-9-17(16-15-11)10-12-3-7-13(18-12)5-1-2-6-13/h9,12H,1-8,10H2. The molecule has 2 fully saturated rings. The fourth-order valence-corrected chi connectivity index (χ4v) is 3.67. The number of ether oxygens (including phenoxy) is 1. The fourth-order valence-electron chi connectivity index (χ4n) is 3.26. The minimum atomic E-state index is 0.226. The van der Waals surface area contributed by atoms with Gasteiger partial charge in [0.15, 0.2) is 0 Å². The van der Waals surface area contributed by atoms with Gasteiger partial charge in [-0.15, -0.1) is 5.10 Å². The quantitative estimate of drug-likeness (QED) is 0.802. The van der Waals surface area contributed by atoms with Crippen molar-refractivity contribution in [3.05, 3.63) is 11.9 Å². The first-order chi connectivity index (χ1) is 8.80. The highest BCUT2D eigenvalue weighted by Crippen LogP contribution is 2.43. The van der Waals surface area contributed by atoms with Crippen molar-refractivity contribution >= 4 is 15.9 Å². The van der Waals surface area contributed by atoms with E-state index < -0.39 is 0 Å². The fraction of sp³-hybridized carbons (Fsp3) is 0.846. The Hall–Kier alpha value is -0.420. The first-order valence-corrected chi connectivity index (χ1v) is 8.05. The molecule has 1 unspecified atom stereocenters. The summed E-state index contributed by atoms with van der Waals surface area (Å²) in [7, 11) is 0. The zero-order valence-electron chi connectivity index (χ0n) is 10.6. The third kappa shape index (κ3) is 2.62. The van der Waals surface area contributed by atoms with E-state index in [1.807, 2.05) is 10.9 Å². The van der Waals surface area contributed by atoms with Crippen LogP contribution in [0.4, 0.5) is 0 Å². The van der Waals surface area contributed by atoms with Gasteiger partial charge in [0.1, 0.15) is 0 Å². The number of halogens is 1. The minimum Gasteiger partial charge on any atom is -0.370 e. The van der Waals surface area contributed by atoms with Gasteiger partial charge in [-0.1, -0.05) is 34.0 Å². The van der Waals surface area contributed by atoms with E-state index in [0.717, 1.165) is 24.0 Å². The van der Waals surface area contributed by atoms with Crippen LogP contribution in [-0.2, 0) is 17.7 Å². The Labute approximate surface area is 116 Å². The lowest BCUT2D eigenvalue weighted by atomic mass is 9.98. The SMILES string of the molecule is BrCCc1cn(CC2CCC3(CCCC3)O2)nn1. The highest BCUT2D eigenvalue weighted by molar-refractivity contribution is 9.09. The minimum absolute atomic E-state index is 0.226. The molecule has 1 saturated heterocycles. The molecule has 0 aromatic carbocycles. The van der Waals surface area contributed by atoms with E-state index in [1.54, 1.807) is 0 Å². The summed E-state index contributed by atoms with van der Waals surface area (Å²) in [5, 5.41) is 9.28. The molecule has 0 N–H and O–H groups in total. The molecule has 2 aliphatic rings. The van der Waals surface area contributed by atoms with Crippen molar-refractivity contribution in [2.24, 2.45) is 0 Å². The van der Waals surface area contributed by atoms with Crippen molar-refractivity contribution in [1.29, 1.82) is 0 Å². The molecule has 1 saturated carbocycles. The van der Waals surface area contributed by atoms with Gasteiger partial charge in [-0.05, 0) is 25.7 Å². The predicted octanol–water partition coefficient (Wildman–Crippen LogP) is 2.71. The Bertz CT molecular complexity index is 401. The van der Waals surface area contributed by atoms with Gasteiger partial charge in [-0.25, -0.2) is 4.68 Å². The van der Waals surface area contributed by atoms with Gasteiger partial charge in [0.25, 0.3) is 0 Å². The number of nitrogens with zero attached hydrogens (tertiary/aromatic N) is 3. The average Bonchev–Trinajstić information content (AvgIpc) is 3.06. The molecule has 100 valence electrons. The molecule has 0 radical (unpaired) electrons. The summed E-state index contributed by atoms with van der Waals surface area (Å²) < 4.78 is 8.23. The van der Waals surface area contributed by atoms with Gasteiger partial charge in [0, 0.05) is 17.9 Å². The van der Waals surface area contributed by atoms with Gasteiger partial charge in [0.2, 0.25) is 0 Å². The van der Waals surface area contributed by atoms with Crippen LogP contribution in [0.2, 0.25) is 0 Å². The van der Waals surface area contributed by atoms with Crippen LogP contribution >= 0.6 is 15.9 Å². The Morgan fingerprint density at radius 3 is 3.00 bits per heavy atom. The van der Waals surface area contributed by atoms with Crippen LogP contribution in [0.1, 0.15) is 44.2 Å². The van der Waals surface area contributed by atoms with Gasteiger partial charge in [-0.3, -0.25) is 0 Å². The van der Waals surface area contributed by atoms with Crippen LogP contribution in [0.3, 0.4) is 0 Å². The van der Waals surface area contributed by atoms with Crippen LogP contribution in [0.15, 0.2) is 6.20 Å². The smallest absolute Gasteiger partial charge is 0.0835 e. The molecular formula is C13H20BrN3O. The van der Waals surface area contributed by atoms with E-state index in [9.17, 15) is 0 Å². The molecule has 1 aliphatic heterocycles. The number of aromatic nitrogens is 3. The molecule has 1 atom stereocenters.